The number of hydrazone groups is 1. The Morgan fingerprint density at radius 3 is 2.45 bits per heavy atom. The predicted molar refractivity (Wildman–Crippen MR) is 125 cm³/mol. The number of ether oxygens (including phenoxy) is 1. The zero-order chi connectivity index (χ0) is 22.1. The van der Waals surface area contributed by atoms with Gasteiger partial charge in [-0.2, -0.15) is 5.10 Å². The normalized spacial score (nSPS) is 10.6. The van der Waals surface area contributed by atoms with Crippen molar-refractivity contribution < 1.29 is 14.3 Å². The van der Waals surface area contributed by atoms with Crippen molar-refractivity contribution in [1.29, 1.82) is 0 Å². The van der Waals surface area contributed by atoms with Crippen molar-refractivity contribution >= 4 is 39.6 Å². The Balaban J connectivity index is 1.52. The molecule has 2 amide bonds. The smallest absolute Gasteiger partial charge is 0.249 e. The Morgan fingerprint density at radius 1 is 0.968 bits per heavy atom. The lowest BCUT2D eigenvalue weighted by molar-refractivity contribution is -0.126. The first-order chi connectivity index (χ1) is 15.0. The first kappa shape index (κ1) is 22.2. The predicted octanol–water partition coefficient (Wildman–Crippen LogP) is 4.82. The van der Waals surface area contributed by atoms with Crippen LogP contribution in [0.2, 0.25) is 0 Å². The monoisotopic (exact) mass is 479 g/mol. The highest BCUT2D eigenvalue weighted by Crippen LogP contribution is 2.18. The molecule has 0 bridgehead atoms. The highest BCUT2D eigenvalue weighted by molar-refractivity contribution is 9.10. The molecule has 3 aromatic carbocycles. The number of nitrogens with zero attached hydrogens (tertiary/aromatic N) is 1. The molecule has 0 atom stereocenters. The number of para-hydroxylation sites is 2. The third-order valence-electron chi connectivity index (χ3n) is 4.36. The molecule has 6 nitrogen and oxygen atoms in total. The van der Waals surface area contributed by atoms with Gasteiger partial charge in [0, 0.05) is 15.7 Å². The van der Waals surface area contributed by atoms with E-state index in [1.807, 2.05) is 73.7 Å². The molecule has 0 spiro atoms. The Kier molecular flexibility index (Phi) is 7.95. The van der Waals surface area contributed by atoms with E-state index >= 15 is 0 Å². The van der Waals surface area contributed by atoms with Crippen LogP contribution >= 0.6 is 15.9 Å². The number of aryl methyl sites for hydroxylation is 1. The molecule has 0 unspecified atom stereocenters. The summed E-state index contributed by atoms with van der Waals surface area (Å²) in [6, 6.07) is 22.6. The molecule has 31 heavy (non-hydrogen) atoms. The molecule has 0 aromatic heterocycles. The number of nitrogens with one attached hydrogen (secondary N) is 2. The van der Waals surface area contributed by atoms with Gasteiger partial charge in [0.05, 0.1) is 6.21 Å². The Labute approximate surface area is 189 Å². The van der Waals surface area contributed by atoms with Crippen molar-refractivity contribution in [3.8, 4) is 5.75 Å². The molecule has 0 aliphatic rings. The highest BCUT2D eigenvalue weighted by Gasteiger charge is 2.10. The van der Waals surface area contributed by atoms with Crippen molar-refractivity contribution in [2.75, 3.05) is 5.32 Å². The fourth-order valence-electron chi connectivity index (χ4n) is 2.73. The maximum absolute atomic E-state index is 12.1. The van der Waals surface area contributed by atoms with Crippen molar-refractivity contribution in [2.24, 2.45) is 5.10 Å². The van der Waals surface area contributed by atoms with Crippen LogP contribution in [0.5, 0.6) is 5.75 Å². The van der Waals surface area contributed by atoms with E-state index in [4.69, 9.17) is 4.74 Å². The van der Waals surface area contributed by atoms with Crippen LogP contribution < -0.4 is 15.5 Å². The van der Waals surface area contributed by atoms with E-state index in [0.717, 1.165) is 15.6 Å². The molecule has 0 aliphatic carbocycles. The summed E-state index contributed by atoms with van der Waals surface area (Å²) >= 11 is 3.41. The number of rotatable bonds is 8. The Morgan fingerprint density at radius 2 is 1.68 bits per heavy atom. The molecule has 158 valence electrons. The Hall–Kier alpha value is -3.45. The fraction of sp³-hybridized carbons (Fsp3) is 0.125. The molecule has 0 aliphatic heterocycles. The molecule has 0 saturated heterocycles. The molecule has 0 radical (unpaired) electrons. The van der Waals surface area contributed by atoms with Crippen LogP contribution in [0.25, 0.3) is 0 Å². The molecule has 2 N–H and O–H groups in total. The maximum atomic E-state index is 12.1. The molecular weight excluding hydrogens is 458 g/mol. The van der Waals surface area contributed by atoms with Crippen LogP contribution in [0, 0.1) is 6.92 Å². The van der Waals surface area contributed by atoms with Gasteiger partial charge in [-0.25, -0.2) is 5.43 Å². The van der Waals surface area contributed by atoms with Gasteiger partial charge in [0.2, 0.25) is 11.8 Å². The Bertz CT molecular complexity index is 1080. The third kappa shape index (κ3) is 7.08. The molecule has 7 heteroatoms. The van der Waals surface area contributed by atoms with Gasteiger partial charge in [-0.15, -0.1) is 0 Å². The maximum Gasteiger partial charge on any atom is 0.249 e. The van der Waals surface area contributed by atoms with Crippen molar-refractivity contribution in [3.05, 3.63) is 94.0 Å². The van der Waals surface area contributed by atoms with E-state index in [0.29, 0.717) is 23.6 Å². The first-order valence-electron chi connectivity index (χ1n) is 9.65. The molecule has 0 heterocycles. The molecule has 3 rings (SSSR count). The SMILES string of the molecule is Cc1ccccc1NC(=O)CC(=O)NN=Cc1ccccc1OCc1ccc(Br)cc1. The summed E-state index contributed by atoms with van der Waals surface area (Å²) in [6.07, 6.45) is 1.17. The van der Waals surface area contributed by atoms with Gasteiger partial charge in [-0.3, -0.25) is 9.59 Å². The van der Waals surface area contributed by atoms with Crippen molar-refractivity contribution in [2.45, 2.75) is 20.0 Å². The van der Waals surface area contributed by atoms with Crippen molar-refractivity contribution in [3.63, 3.8) is 0 Å². The number of carbonyl (C=O) groups is 2. The van der Waals surface area contributed by atoms with Crippen molar-refractivity contribution in [1.82, 2.24) is 5.43 Å². The molecular formula is C24H22BrN3O3. The first-order valence-corrected chi connectivity index (χ1v) is 10.4. The fourth-order valence-corrected chi connectivity index (χ4v) is 2.99. The van der Waals surface area contributed by atoms with E-state index in [1.165, 1.54) is 6.21 Å². The molecule has 0 saturated carbocycles. The van der Waals surface area contributed by atoms with Gasteiger partial charge in [-0.1, -0.05) is 58.4 Å². The van der Waals surface area contributed by atoms with Gasteiger partial charge in [0.1, 0.15) is 18.8 Å². The van der Waals surface area contributed by atoms with Crippen LogP contribution in [0.4, 0.5) is 5.69 Å². The number of hydrogen-bond acceptors (Lipinski definition) is 4. The number of halogens is 1. The summed E-state index contributed by atoms with van der Waals surface area (Å²) in [7, 11) is 0. The summed E-state index contributed by atoms with van der Waals surface area (Å²) in [5.74, 6) is -0.267. The van der Waals surface area contributed by atoms with Gasteiger partial charge < -0.3 is 10.1 Å². The summed E-state index contributed by atoms with van der Waals surface area (Å²) in [4.78, 5) is 24.1. The molecule has 0 fully saturated rings. The van der Waals surface area contributed by atoms with Crippen LogP contribution in [-0.4, -0.2) is 18.0 Å². The minimum Gasteiger partial charge on any atom is -0.488 e. The van der Waals surface area contributed by atoms with E-state index in [-0.39, 0.29) is 6.42 Å². The summed E-state index contributed by atoms with van der Waals surface area (Å²) < 4.78 is 6.89. The van der Waals surface area contributed by atoms with E-state index < -0.39 is 11.8 Å². The lowest BCUT2D eigenvalue weighted by Gasteiger charge is -2.09. The quantitative estimate of drug-likeness (QED) is 0.276. The number of carbonyl (C=O) groups excluding carboxylic acids is 2. The summed E-state index contributed by atoms with van der Waals surface area (Å²) in [5, 5.41) is 6.68. The highest BCUT2D eigenvalue weighted by atomic mass is 79.9. The topological polar surface area (TPSA) is 79.8 Å². The summed E-state index contributed by atoms with van der Waals surface area (Å²) in [5.41, 5.74) is 5.73. The average Bonchev–Trinajstić information content (AvgIpc) is 2.76. The van der Waals surface area contributed by atoms with Crippen LogP contribution in [0.15, 0.2) is 82.4 Å². The van der Waals surface area contributed by atoms with E-state index in [1.54, 1.807) is 6.07 Å². The third-order valence-corrected chi connectivity index (χ3v) is 4.89. The van der Waals surface area contributed by atoms with Crippen LogP contribution in [0.3, 0.4) is 0 Å². The number of benzene rings is 3. The van der Waals surface area contributed by atoms with Gasteiger partial charge in [-0.05, 0) is 48.4 Å². The molecule has 3 aromatic rings. The van der Waals surface area contributed by atoms with Gasteiger partial charge >= 0.3 is 0 Å². The summed E-state index contributed by atoms with van der Waals surface area (Å²) in [6.45, 7) is 2.29. The second-order valence-electron chi connectivity index (χ2n) is 6.79. The standard InChI is InChI=1S/C24H22BrN3O3/c1-17-6-2-4-8-21(17)27-23(29)14-24(30)28-26-15-19-7-3-5-9-22(19)31-16-18-10-12-20(25)13-11-18/h2-13,15H,14,16H2,1H3,(H,27,29)(H,28,30). The number of anilines is 1. The average molecular weight is 480 g/mol. The van der Waals surface area contributed by atoms with E-state index in [2.05, 4.69) is 31.8 Å². The minimum atomic E-state index is -0.504. The van der Waals surface area contributed by atoms with E-state index in [9.17, 15) is 9.59 Å². The lowest BCUT2D eigenvalue weighted by Crippen LogP contribution is -2.24. The minimum absolute atomic E-state index is 0.326. The number of hydrogen-bond donors (Lipinski definition) is 2. The van der Waals surface area contributed by atoms with Gasteiger partial charge in [0.15, 0.2) is 0 Å². The zero-order valence-electron chi connectivity index (χ0n) is 17.0. The second-order valence-corrected chi connectivity index (χ2v) is 7.70. The largest absolute Gasteiger partial charge is 0.488 e. The number of amides is 2. The van der Waals surface area contributed by atoms with Gasteiger partial charge in [0.25, 0.3) is 0 Å². The van der Waals surface area contributed by atoms with Crippen LogP contribution in [0.1, 0.15) is 23.1 Å². The van der Waals surface area contributed by atoms with Crippen LogP contribution in [-0.2, 0) is 16.2 Å². The zero-order valence-corrected chi connectivity index (χ0v) is 18.6. The second kappa shape index (κ2) is 11.1. The lowest BCUT2D eigenvalue weighted by atomic mass is 10.2.